The second kappa shape index (κ2) is 7.94. The smallest absolute Gasteiger partial charge is 0.202 e. The van der Waals surface area contributed by atoms with E-state index in [2.05, 4.69) is 31.4 Å². The molecular weight excluding hydrogens is 396 g/mol. The van der Waals surface area contributed by atoms with Crippen molar-refractivity contribution in [3.8, 4) is 22.2 Å². The maximum absolute atomic E-state index is 5.84. The lowest BCUT2D eigenvalue weighted by atomic mass is 10.2. The molecule has 5 rings (SSSR count). The van der Waals surface area contributed by atoms with Crippen LogP contribution in [0.3, 0.4) is 0 Å². The molecule has 0 aromatic carbocycles. The molecule has 4 aromatic heterocycles. The average Bonchev–Trinajstić information content (AvgIpc) is 3.53. The summed E-state index contributed by atoms with van der Waals surface area (Å²) in [5, 5.41) is 15.9. The predicted octanol–water partition coefficient (Wildman–Crippen LogP) is 4.73. The number of thiophene rings is 1. The second-order valence-electron chi connectivity index (χ2n) is 6.48. The summed E-state index contributed by atoms with van der Waals surface area (Å²) in [6.45, 7) is 1.59. The van der Waals surface area contributed by atoms with Gasteiger partial charge in [-0.05, 0) is 36.4 Å². The van der Waals surface area contributed by atoms with Gasteiger partial charge in [0.1, 0.15) is 0 Å². The summed E-state index contributed by atoms with van der Waals surface area (Å²) in [6.07, 6.45) is 4.01. The van der Waals surface area contributed by atoms with Crippen molar-refractivity contribution in [3.05, 3.63) is 47.7 Å². The highest BCUT2D eigenvalue weighted by atomic mass is 32.2. The van der Waals surface area contributed by atoms with Crippen LogP contribution in [0.1, 0.15) is 18.5 Å². The molecule has 5 heterocycles. The minimum absolute atomic E-state index is 0.215. The third kappa shape index (κ3) is 3.65. The molecule has 1 aliphatic heterocycles. The number of nitrogens with zero attached hydrogens (tertiary/aromatic N) is 4. The van der Waals surface area contributed by atoms with Gasteiger partial charge in [0.25, 0.3) is 0 Å². The van der Waals surface area contributed by atoms with Crippen LogP contribution in [-0.2, 0) is 17.0 Å². The standard InChI is InChI=1S/C19H18N4O3S2/c1-4-14(24-7-1)11-23-18(17-6-3-9-27-17)20-21-19(23)28-12-13-10-16(26-22-13)15-5-2-8-25-15/h2-3,5-6,8-10,14H,1,4,7,11-12H2. The van der Waals surface area contributed by atoms with Gasteiger partial charge in [0, 0.05) is 18.4 Å². The number of furan rings is 1. The Balaban J connectivity index is 1.35. The number of aromatic nitrogens is 4. The molecule has 0 saturated carbocycles. The maximum Gasteiger partial charge on any atom is 0.202 e. The summed E-state index contributed by atoms with van der Waals surface area (Å²) in [5.74, 6) is 2.83. The number of hydrogen-bond acceptors (Lipinski definition) is 8. The van der Waals surface area contributed by atoms with Crippen molar-refractivity contribution >= 4 is 23.1 Å². The van der Waals surface area contributed by atoms with E-state index in [1.165, 1.54) is 0 Å². The highest BCUT2D eigenvalue weighted by molar-refractivity contribution is 7.98. The van der Waals surface area contributed by atoms with E-state index in [9.17, 15) is 0 Å². The van der Waals surface area contributed by atoms with Crippen molar-refractivity contribution in [3.63, 3.8) is 0 Å². The van der Waals surface area contributed by atoms with Gasteiger partial charge in [-0.15, -0.1) is 21.5 Å². The molecule has 0 N–H and O–H groups in total. The number of hydrogen-bond donors (Lipinski definition) is 0. The quantitative estimate of drug-likeness (QED) is 0.405. The third-order valence-corrected chi connectivity index (χ3v) is 6.41. The molecule has 4 aromatic rings. The largest absolute Gasteiger partial charge is 0.461 e. The Hall–Kier alpha value is -2.36. The summed E-state index contributed by atoms with van der Waals surface area (Å²) in [5.41, 5.74) is 0.834. The maximum atomic E-state index is 5.84. The van der Waals surface area contributed by atoms with Crippen LogP contribution in [0.5, 0.6) is 0 Å². The molecule has 1 saturated heterocycles. The molecule has 1 unspecified atom stereocenters. The van der Waals surface area contributed by atoms with Gasteiger partial charge in [-0.3, -0.25) is 4.57 Å². The Morgan fingerprint density at radius 2 is 2.21 bits per heavy atom. The summed E-state index contributed by atoms with van der Waals surface area (Å²) in [7, 11) is 0. The summed E-state index contributed by atoms with van der Waals surface area (Å²) >= 11 is 3.26. The Labute approximate surface area is 169 Å². The minimum atomic E-state index is 0.215. The van der Waals surface area contributed by atoms with E-state index in [-0.39, 0.29) is 6.10 Å². The van der Waals surface area contributed by atoms with E-state index < -0.39 is 0 Å². The molecule has 1 aliphatic rings. The van der Waals surface area contributed by atoms with Gasteiger partial charge in [-0.2, -0.15) is 0 Å². The zero-order chi connectivity index (χ0) is 18.8. The third-order valence-electron chi connectivity index (χ3n) is 4.54. The summed E-state index contributed by atoms with van der Waals surface area (Å²) < 4.78 is 18.7. The van der Waals surface area contributed by atoms with Gasteiger partial charge < -0.3 is 13.7 Å². The van der Waals surface area contributed by atoms with Gasteiger partial charge in [0.05, 0.1) is 29.5 Å². The monoisotopic (exact) mass is 414 g/mol. The van der Waals surface area contributed by atoms with Crippen LogP contribution in [0.15, 0.2) is 56.1 Å². The topological polar surface area (TPSA) is 79.1 Å². The van der Waals surface area contributed by atoms with E-state index in [4.69, 9.17) is 13.7 Å². The van der Waals surface area contributed by atoms with Gasteiger partial charge in [-0.1, -0.05) is 23.0 Å². The van der Waals surface area contributed by atoms with E-state index >= 15 is 0 Å². The first kappa shape index (κ1) is 17.7. The molecule has 28 heavy (non-hydrogen) atoms. The highest BCUT2D eigenvalue weighted by Gasteiger charge is 2.22. The van der Waals surface area contributed by atoms with E-state index in [1.807, 2.05) is 24.3 Å². The fourth-order valence-electron chi connectivity index (χ4n) is 3.19. The number of rotatable bonds is 7. The van der Waals surface area contributed by atoms with Crippen LogP contribution in [-0.4, -0.2) is 32.6 Å². The van der Waals surface area contributed by atoms with Crippen molar-refractivity contribution < 1.29 is 13.7 Å². The fraction of sp³-hybridized carbons (Fsp3) is 0.316. The minimum Gasteiger partial charge on any atom is -0.461 e. The van der Waals surface area contributed by atoms with Crippen LogP contribution >= 0.6 is 23.1 Å². The summed E-state index contributed by atoms with van der Waals surface area (Å²) in [6, 6.07) is 9.67. The van der Waals surface area contributed by atoms with Gasteiger partial charge in [0.15, 0.2) is 16.7 Å². The molecule has 144 valence electrons. The lowest BCUT2D eigenvalue weighted by Crippen LogP contribution is -2.16. The molecule has 0 amide bonds. The SMILES string of the molecule is c1coc(-c2cc(CSc3nnc(-c4cccs4)n3CC3CCCO3)no2)c1. The van der Waals surface area contributed by atoms with Crippen molar-refractivity contribution in [1.29, 1.82) is 0 Å². The average molecular weight is 415 g/mol. The van der Waals surface area contributed by atoms with Crippen LogP contribution in [0.25, 0.3) is 22.2 Å². The molecule has 0 radical (unpaired) electrons. The van der Waals surface area contributed by atoms with Crippen molar-refractivity contribution in [2.24, 2.45) is 0 Å². The van der Waals surface area contributed by atoms with E-state index in [0.717, 1.165) is 47.5 Å². The van der Waals surface area contributed by atoms with E-state index in [0.29, 0.717) is 17.3 Å². The highest BCUT2D eigenvalue weighted by Crippen LogP contribution is 2.31. The van der Waals surface area contributed by atoms with Crippen LogP contribution < -0.4 is 0 Å². The van der Waals surface area contributed by atoms with Gasteiger partial charge in [0.2, 0.25) is 5.76 Å². The normalized spacial score (nSPS) is 16.8. The van der Waals surface area contributed by atoms with Gasteiger partial charge >= 0.3 is 0 Å². The molecule has 0 bridgehead atoms. The first-order valence-electron chi connectivity index (χ1n) is 9.08. The Kier molecular flexibility index (Phi) is 5.03. The molecular formula is C19H18N4O3S2. The fourth-order valence-corrected chi connectivity index (χ4v) is 4.74. The van der Waals surface area contributed by atoms with Crippen LogP contribution in [0.2, 0.25) is 0 Å². The summed E-state index contributed by atoms with van der Waals surface area (Å²) in [4.78, 5) is 1.11. The van der Waals surface area contributed by atoms with Crippen LogP contribution in [0.4, 0.5) is 0 Å². The zero-order valence-corrected chi connectivity index (χ0v) is 16.6. The number of ether oxygens (including phenoxy) is 1. The Morgan fingerprint density at radius 3 is 3.00 bits per heavy atom. The molecule has 1 atom stereocenters. The van der Waals surface area contributed by atoms with Gasteiger partial charge in [-0.25, -0.2) is 0 Å². The molecule has 9 heteroatoms. The van der Waals surface area contributed by atoms with Crippen molar-refractivity contribution in [1.82, 2.24) is 19.9 Å². The lowest BCUT2D eigenvalue weighted by molar-refractivity contribution is 0.0953. The Morgan fingerprint density at radius 1 is 1.21 bits per heavy atom. The molecule has 1 fully saturated rings. The van der Waals surface area contributed by atoms with E-state index in [1.54, 1.807) is 29.4 Å². The first-order chi connectivity index (χ1) is 13.9. The van der Waals surface area contributed by atoms with Crippen molar-refractivity contribution in [2.45, 2.75) is 36.4 Å². The second-order valence-corrected chi connectivity index (χ2v) is 8.37. The number of thioether (sulfide) groups is 1. The first-order valence-corrected chi connectivity index (χ1v) is 10.9. The predicted molar refractivity (Wildman–Crippen MR) is 106 cm³/mol. The molecule has 0 aliphatic carbocycles. The zero-order valence-electron chi connectivity index (χ0n) is 15.0. The van der Waals surface area contributed by atoms with Crippen molar-refractivity contribution in [2.75, 3.05) is 6.61 Å². The molecule has 7 nitrogen and oxygen atoms in total. The lowest BCUT2D eigenvalue weighted by Gasteiger charge is -2.13. The van der Waals surface area contributed by atoms with Crippen LogP contribution in [0, 0.1) is 0 Å². The Bertz CT molecular complexity index is 1020. The molecule has 0 spiro atoms.